The number of nitrogens with one attached hydrogen (secondary N) is 2. The van der Waals surface area contributed by atoms with Gasteiger partial charge in [-0.05, 0) is 41.1 Å². The van der Waals surface area contributed by atoms with Crippen molar-refractivity contribution in [3.63, 3.8) is 0 Å². The van der Waals surface area contributed by atoms with Crippen LogP contribution >= 0.6 is 35.2 Å². The molecule has 0 heterocycles. The number of thiol groups is 1. The SMILES string of the molecule is NC(=O)c1ccc(I)c([N+](=O)[O-])c1.NC(CCC(=O)NC(CS)C(=O)NCC(=O)O)C(=O)O. The van der Waals surface area contributed by atoms with Gasteiger partial charge in [0, 0.05) is 23.8 Å². The molecule has 33 heavy (non-hydrogen) atoms. The summed E-state index contributed by atoms with van der Waals surface area (Å²) in [4.78, 5) is 64.3. The summed E-state index contributed by atoms with van der Waals surface area (Å²) in [5.74, 6) is -4.37. The van der Waals surface area contributed by atoms with Crippen LogP contribution in [0.1, 0.15) is 23.2 Å². The Morgan fingerprint density at radius 2 is 1.82 bits per heavy atom. The molecular formula is C17H22IN5O9S. The van der Waals surface area contributed by atoms with Gasteiger partial charge in [0.05, 0.1) is 8.49 Å². The number of halogens is 1. The van der Waals surface area contributed by atoms with Crippen molar-refractivity contribution < 1.29 is 39.1 Å². The predicted octanol–water partition coefficient (Wildman–Crippen LogP) is -0.908. The number of nitrogens with two attached hydrogens (primary N) is 2. The van der Waals surface area contributed by atoms with Gasteiger partial charge in [-0.25, -0.2) is 0 Å². The van der Waals surface area contributed by atoms with E-state index in [4.69, 9.17) is 21.7 Å². The van der Waals surface area contributed by atoms with Crippen molar-refractivity contribution in [1.29, 1.82) is 0 Å². The second-order valence-corrected chi connectivity index (χ2v) is 7.71. The molecule has 0 aliphatic heterocycles. The number of nitro groups is 1. The van der Waals surface area contributed by atoms with Gasteiger partial charge in [0.2, 0.25) is 17.7 Å². The van der Waals surface area contributed by atoms with Crippen LogP contribution in [0.4, 0.5) is 5.69 Å². The number of hydrogen-bond acceptors (Lipinski definition) is 9. The lowest BCUT2D eigenvalue weighted by molar-refractivity contribution is -0.385. The Morgan fingerprint density at radius 1 is 1.21 bits per heavy atom. The van der Waals surface area contributed by atoms with Crippen LogP contribution in [0.25, 0.3) is 0 Å². The highest BCUT2D eigenvalue weighted by Crippen LogP contribution is 2.21. The Bertz CT molecular complexity index is 915. The van der Waals surface area contributed by atoms with E-state index in [9.17, 15) is 34.1 Å². The van der Waals surface area contributed by atoms with E-state index in [1.807, 2.05) is 22.6 Å². The molecule has 0 aromatic heterocycles. The van der Waals surface area contributed by atoms with Crippen LogP contribution < -0.4 is 22.1 Å². The van der Waals surface area contributed by atoms with E-state index in [2.05, 4.69) is 23.3 Å². The fraction of sp³-hybridized carbons (Fsp3) is 0.353. The standard InChI is InChI=1S/C10H17N3O6S.C7H5IN2O3/c11-5(10(18)19)1-2-7(14)13-6(4-20)9(17)12-3-8(15)16;8-5-2-1-4(7(9)11)3-6(5)10(12)13/h5-6,20H,1-4,11H2,(H,12,17)(H,13,14)(H,15,16)(H,18,19);1-3H,(H2,9,11). The van der Waals surface area contributed by atoms with Crippen molar-refractivity contribution in [3.05, 3.63) is 37.4 Å². The van der Waals surface area contributed by atoms with Crippen molar-refractivity contribution in [2.75, 3.05) is 12.3 Å². The quantitative estimate of drug-likeness (QED) is 0.0714. The summed E-state index contributed by atoms with van der Waals surface area (Å²) in [6.45, 7) is -0.567. The molecule has 0 radical (unpaired) electrons. The van der Waals surface area contributed by atoms with Gasteiger partial charge in [0.25, 0.3) is 5.69 Å². The average Bonchev–Trinajstić information content (AvgIpc) is 2.74. The number of carboxylic acid groups (broad SMARTS) is 2. The number of aliphatic carboxylic acids is 2. The summed E-state index contributed by atoms with van der Waals surface area (Å²) >= 11 is 5.70. The lowest BCUT2D eigenvalue weighted by Gasteiger charge is -2.16. The topological polar surface area (TPSA) is 245 Å². The van der Waals surface area contributed by atoms with E-state index in [-0.39, 0.29) is 29.8 Å². The van der Waals surface area contributed by atoms with Gasteiger partial charge in [-0.3, -0.25) is 34.1 Å². The van der Waals surface area contributed by atoms with Crippen molar-refractivity contribution in [3.8, 4) is 0 Å². The first-order valence-corrected chi connectivity index (χ1v) is 10.6. The largest absolute Gasteiger partial charge is 0.480 e. The number of carbonyl (C=O) groups excluding carboxylic acids is 3. The number of rotatable bonds is 11. The molecule has 8 N–H and O–H groups in total. The third-order valence-electron chi connectivity index (χ3n) is 3.68. The average molecular weight is 599 g/mol. The third kappa shape index (κ3) is 12.0. The molecule has 0 spiro atoms. The monoisotopic (exact) mass is 599 g/mol. The van der Waals surface area contributed by atoms with Crippen LogP contribution in [0.2, 0.25) is 0 Å². The molecule has 1 aromatic rings. The van der Waals surface area contributed by atoms with E-state index >= 15 is 0 Å². The second-order valence-electron chi connectivity index (χ2n) is 6.19. The number of nitro benzene ring substituents is 1. The highest BCUT2D eigenvalue weighted by atomic mass is 127. The van der Waals surface area contributed by atoms with E-state index in [1.165, 1.54) is 18.2 Å². The van der Waals surface area contributed by atoms with Gasteiger partial charge >= 0.3 is 11.9 Å². The summed E-state index contributed by atoms with van der Waals surface area (Å²) in [5, 5.41) is 31.8. The second kappa shape index (κ2) is 15.0. The number of amides is 3. The molecule has 2 atom stereocenters. The number of carbonyl (C=O) groups is 5. The number of nitrogens with zero attached hydrogens (tertiary/aromatic N) is 1. The first-order valence-electron chi connectivity index (χ1n) is 8.92. The van der Waals surface area contributed by atoms with Crippen LogP contribution in [0.15, 0.2) is 18.2 Å². The Kier molecular flexibility index (Phi) is 13.6. The summed E-state index contributed by atoms with van der Waals surface area (Å²) in [7, 11) is 0. The molecule has 16 heteroatoms. The molecule has 0 aliphatic carbocycles. The van der Waals surface area contributed by atoms with Gasteiger partial charge in [0.15, 0.2) is 0 Å². The minimum atomic E-state index is -1.22. The first kappa shape index (κ1) is 30.0. The van der Waals surface area contributed by atoms with Gasteiger partial charge < -0.3 is 32.3 Å². The lowest BCUT2D eigenvalue weighted by Crippen LogP contribution is -2.49. The van der Waals surface area contributed by atoms with Crippen LogP contribution in [0.3, 0.4) is 0 Å². The molecular weight excluding hydrogens is 577 g/mol. The van der Waals surface area contributed by atoms with Crippen LogP contribution in [-0.4, -0.2) is 69.2 Å². The Morgan fingerprint density at radius 3 is 2.27 bits per heavy atom. The highest BCUT2D eigenvalue weighted by Gasteiger charge is 2.21. The summed E-state index contributed by atoms with van der Waals surface area (Å²) in [5.41, 5.74) is 10.2. The molecule has 1 aromatic carbocycles. The van der Waals surface area contributed by atoms with Gasteiger partial charge in [0.1, 0.15) is 18.6 Å². The molecule has 3 amide bonds. The lowest BCUT2D eigenvalue weighted by atomic mass is 10.1. The summed E-state index contributed by atoms with van der Waals surface area (Å²) in [6.07, 6.45) is -0.235. The predicted molar refractivity (Wildman–Crippen MR) is 126 cm³/mol. The Balaban J connectivity index is 0.000000676. The minimum absolute atomic E-state index is 0.0256. The summed E-state index contributed by atoms with van der Waals surface area (Å²) < 4.78 is 0.479. The highest BCUT2D eigenvalue weighted by molar-refractivity contribution is 14.1. The maximum atomic E-state index is 11.5. The Labute approximate surface area is 206 Å². The molecule has 0 fully saturated rings. The zero-order chi connectivity index (χ0) is 25.7. The number of carboxylic acids is 2. The zero-order valence-corrected chi connectivity index (χ0v) is 19.9. The molecule has 2 unspecified atom stereocenters. The van der Waals surface area contributed by atoms with Gasteiger partial charge in [-0.1, -0.05) is 0 Å². The number of hydrogen-bond donors (Lipinski definition) is 7. The van der Waals surface area contributed by atoms with Crippen LogP contribution in [0, 0.1) is 13.7 Å². The Hall–Kier alpha value is -2.99. The number of primary amides is 1. The van der Waals surface area contributed by atoms with E-state index in [0.717, 1.165) is 0 Å². The van der Waals surface area contributed by atoms with Crippen molar-refractivity contribution >= 4 is 70.6 Å². The molecule has 0 bridgehead atoms. The molecule has 0 aliphatic rings. The van der Waals surface area contributed by atoms with Crippen LogP contribution in [-0.2, 0) is 19.2 Å². The smallest absolute Gasteiger partial charge is 0.322 e. The summed E-state index contributed by atoms with van der Waals surface area (Å²) in [6, 6.07) is 1.96. The van der Waals surface area contributed by atoms with E-state index in [1.54, 1.807) is 0 Å². The van der Waals surface area contributed by atoms with E-state index in [0.29, 0.717) is 3.57 Å². The van der Waals surface area contributed by atoms with Crippen molar-refractivity contribution in [1.82, 2.24) is 10.6 Å². The fourth-order valence-electron chi connectivity index (χ4n) is 1.96. The molecule has 0 saturated carbocycles. The van der Waals surface area contributed by atoms with E-state index < -0.39 is 53.2 Å². The third-order valence-corrected chi connectivity index (χ3v) is 4.95. The molecule has 0 saturated heterocycles. The van der Waals surface area contributed by atoms with Gasteiger partial charge in [-0.2, -0.15) is 12.6 Å². The van der Waals surface area contributed by atoms with Crippen molar-refractivity contribution in [2.24, 2.45) is 11.5 Å². The van der Waals surface area contributed by atoms with Gasteiger partial charge in [-0.15, -0.1) is 0 Å². The minimum Gasteiger partial charge on any atom is -0.480 e. The molecule has 1 rings (SSSR count). The molecule has 182 valence electrons. The molecule has 14 nitrogen and oxygen atoms in total. The zero-order valence-electron chi connectivity index (χ0n) is 16.9. The van der Waals surface area contributed by atoms with Crippen LogP contribution in [0.5, 0.6) is 0 Å². The first-order chi connectivity index (χ1) is 15.3. The number of benzene rings is 1. The maximum absolute atomic E-state index is 11.5. The van der Waals surface area contributed by atoms with Crippen molar-refractivity contribution in [2.45, 2.75) is 24.9 Å². The normalized spacial score (nSPS) is 11.7. The maximum Gasteiger partial charge on any atom is 0.322 e. The fourth-order valence-corrected chi connectivity index (χ4v) is 2.75.